The highest BCUT2D eigenvalue weighted by Gasteiger charge is 2.50. The van der Waals surface area contributed by atoms with Gasteiger partial charge in [0.1, 0.15) is 18.0 Å². The van der Waals surface area contributed by atoms with Gasteiger partial charge in [0, 0.05) is 68.2 Å². The topological polar surface area (TPSA) is 194 Å². The van der Waals surface area contributed by atoms with Gasteiger partial charge >= 0.3 is 0 Å². The quantitative estimate of drug-likeness (QED) is 0.0852. The summed E-state index contributed by atoms with van der Waals surface area (Å²) in [5, 5.41) is 16.3. The van der Waals surface area contributed by atoms with Gasteiger partial charge in [-0.3, -0.25) is 19.8 Å². The molecule has 1 unspecified atom stereocenters. The number of sulfonamides is 1. The lowest BCUT2D eigenvalue weighted by atomic mass is 9.59. The number of nitro benzene ring substituents is 1. The Morgan fingerprint density at radius 3 is 2.59 bits per heavy atom. The zero-order valence-corrected chi connectivity index (χ0v) is 36.9. The number of pyridine rings is 2. The number of aromatic nitrogens is 3. The molecule has 3 N–H and O–H groups in total. The molecule has 1 aliphatic carbocycles. The Kier molecular flexibility index (Phi) is 11.2. The number of fused-ring (bicyclic) bond motifs is 2. The van der Waals surface area contributed by atoms with Crippen molar-refractivity contribution in [2.45, 2.75) is 94.2 Å². The van der Waals surface area contributed by atoms with Crippen LogP contribution in [0.1, 0.15) is 98.8 Å². The number of carbonyl (C=O) groups is 1. The molecule has 0 bridgehead atoms. The first kappa shape index (κ1) is 42.2. The minimum atomic E-state index is -4.67. The van der Waals surface area contributed by atoms with Crippen molar-refractivity contribution in [3.8, 4) is 17.2 Å². The second kappa shape index (κ2) is 17.0. The number of ether oxygens (including phenoxy) is 3. The number of hydrogen-bond donors (Lipinski definition) is 3. The number of benzene rings is 2. The Labute approximate surface area is 372 Å². The number of rotatable bonds is 11. The van der Waals surface area contributed by atoms with Gasteiger partial charge in [-0.05, 0) is 98.4 Å². The van der Waals surface area contributed by atoms with Gasteiger partial charge < -0.3 is 29.4 Å². The zero-order valence-electron chi connectivity index (χ0n) is 36.1. The predicted octanol–water partition coefficient (Wildman–Crippen LogP) is 8.09. The van der Waals surface area contributed by atoms with E-state index in [0.717, 1.165) is 62.5 Å². The number of amides is 1. The molecule has 17 heteroatoms. The van der Waals surface area contributed by atoms with E-state index >= 15 is 0 Å². The lowest BCUT2D eigenvalue weighted by Gasteiger charge is -2.56. The van der Waals surface area contributed by atoms with E-state index in [1.54, 1.807) is 24.5 Å². The van der Waals surface area contributed by atoms with Crippen LogP contribution < -0.4 is 24.4 Å². The Morgan fingerprint density at radius 2 is 1.81 bits per heavy atom. The van der Waals surface area contributed by atoms with Gasteiger partial charge in [0.2, 0.25) is 0 Å². The number of H-pyrrole nitrogens is 1. The van der Waals surface area contributed by atoms with Crippen molar-refractivity contribution in [1.82, 2.24) is 24.6 Å². The van der Waals surface area contributed by atoms with Crippen LogP contribution in [0.25, 0.3) is 11.0 Å². The molecule has 7 heterocycles. The first-order chi connectivity index (χ1) is 30.9. The molecule has 4 aliphatic heterocycles. The van der Waals surface area contributed by atoms with Crippen molar-refractivity contribution in [3.05, 3.63) is 100 Å². The smallest absolute Gasteiger partial charge is 0.297 e. The van der Waals surface area contributed by atoms with Crippen molar-refractivity contribution in [2.75, 3.05) is 49.7 Å². The molecule has 4 fully saturated rings. The van der Waals surface area contributed by atoms with E-state index in [0.29, 0.717) is 42.6 Å². The fourth-order valence-corrected chi connectivity index (χ4v) is 11.8. The number of carbonyl (C=O) groups excluding carboxylic acids is 1. The molecule has 16 nitrogen and oxygen atoms in total. The number of nitrogens with zero attached hydrogens (tertiary/aromatic N) is 5. The highest BCUT2D eigenvalue weighted by Crippen LogP contribution is 2.54. The van der Waals surface area contributed by atoms with Gasteiger partial charge in [0.05, 0.1) is 33.9 Å². The summed E-state index contributed by atoms with van der Waals surface area (Å²) < 4.78 is 47.6. The summed E-state index contributed by atoms with van der Waals surface area (Å²) in [6, 6.07) is 17.3. The summed E-state index contributed by atoms with van der Waals surface area (Å²) in [6.07, 6.45) is 13.2. The summed E-state index contributed by atoms with van der Waals surface area (Å²) in [7, 11) is -4.67. The van der Waals surface area contributed by atoms with Crippen LogP contribution in [0.5, 0.6) is 17.2 Å². The summed E-state index contributed by atoms with van der Waals surface area (Å²) in [5.41, 5.74) is 3.97. The lowest BCUT2D eigenvalue weighted by molar-refractivity contribution is -0.384. The standard InChI is InChI=1S/C47H54N8O8S/c1-29(2)36-6-3-4-7-37(36)39-8-5-15-54(39)33-24-47(25-33)12-16-53(17-13-47)32-21-42(63-34-20-31-9-14-48-45(31)50-27-34)44(49-26-32)46(56)52-64(59,60)35-22-40(55(57)58)43-41(23-35)62-28-38(51-43)30-10-18-61-19-11-30/h3-4,6-7,9,14,20-23,26-27,29-30,33,38-39,51H,5,8,10-13,15-19,24-25,28H2,1-2H3,(H,48,50)(H,52,56)/t38?,39-/m0/s1. The Morgan fingerprint density at radius 1 is 1.02 bits per heavy atom. The van der Waals surface area contributed by atoms with E-state index in [9.17, 15) is 23.3 Å². The molecule has 1 saturated carbocycles. The van der Waals surface area contributed by atoms with Crippen LogP contribution in [-0.4, -0.2) is 90.6 Å². The van der Waals surface area contributed by atoms with Gasteiger partial charge in [-0.15, -0.1) is 0 Å². The number of likely N-dealkylation sites (tertiary alicyclic amines) is 1. The molecule has 1 spiro atoms. The Bertz CT molecular complexity index is 2690. The number of anilines is 2. The number of hydrogen-bond acceptors (Lipinski definition) is 13. The molecule has 336 valence electrons. The van der Waals surface area contributed by atoms with Crippen LogP contribution in [-0.2, 0) is 14.8 Å². The van der Waals surface area contributed by atoms with Crippen molar-refractivity contribution in [3.63, 3.8) is 0 Å². The summed E-state index contributed by atoms with van der Waals surface area (Å²) >= 11 is 0. The number of piperidine rings is 1. The molecule has 3 saturated heterocycles. The maximum atomic E-state index is 14.0. The van der Waals surface area contributed by atoms with Crippen LogP contribution in [0, 0.1) is 21.4 Å². The maximum Gasteiger partial charge on any atom is 0.297 e. The van der Waals surface area contributed by atoms with Crippen LogP contribution in [0.2, 0.25) is 0 Å². The van der Waals surface area contributed by atoms with Crippen LogP contribution in [0.4, 0.5) is 17.1 Å². The van der Waals surface area contributed by atoms with Gasteiger partial charge in [0.15, 0.2) is 22.9 Å². The van der Waals surface area contributed by atoms with E-state index in [2.05, 4.69) is 72.9 Å². The minimum absolute atomic E-state index is 0.0119. The third-order valence-corrected chi connectivity index (χ3v) is 15.6. The third-order valence-electron chi connectivity index (χ3n) is 14.3. The summed E-state index contributed by atoms with van der Waals surface area (Å²) in [4.78, 5) is 42.2. The van der Waals surface area contributed by atoms with Gasteiger partial charge in [-0.25, -0.2) is 23.1 Å². The number of nitro groups is 1. The number of nitrogens with one attached hydrogen (secondary N) is 3. The second-order valence-electron chi connectivity index (χ2n) is 18.5. The monoisotopic (exact) mass is 890 g/mol. The average molecular weight is 891 g/mol. The zero-order chi connectivity index (χ0) is 44.2. The highest BCUT2D eigenvalue weighted by atomic mass is 32.2. The van der Waals surface area contributed by atoms with E-state index in [1.165, 1.54) is 49.1 Å². The van der Waals surface area contributed by atoms with Crippen molar-refractivity contribution >= 4 is 44.0 Å². The molecule has 2 aromatic carbocycles. The molecular formula is C47H54N8O8S. The van der Waals surface area contributed by atoms with Gasteiger partial charge in [-0.2, -0.15) is 0 Å². The fraction of sp³-hybridized carbons (Fsp3) is 0.468. The SMILES string of the molecule is CC(C)c1ccccc1[C@@H]1CCCN1C1CC2(CCN(c3cnc(C(=O)NS(=O)(=O)c4cc5c(c([N+](=O)[O-])c4)NC(C4CCOCC4)CO5)c(Oc4cnc5[nH]ccc5c4)c3)CC2)C1. The van der Waals surface area contributed by atoms with Gasteiger partial charge in [-0.1, -0.05) is 38.1 Å². The first-order valence-corrected chi connectivity index (χ1v) is 24.0. The first-order valence-electron chi connectivity index (χ1n) is 22.5. The summed E-state index contributed by atoms with van der Waals surface area (Å²) in [6.45, 7) is 8.68. The van der Waals surface area contributed by atoms with Crippen LogP contribution in [0.15, 0.2) is 78.1 Å². The summed E-state index contributed by atoms with van der Waals surface area (Å²) in [5.74, 6) is -0.0256. The number of aromatic amines is 1. The van der Waals surface area contributed by atoms with Crippen LogP contribution >= 0.6 is 0 Å². The Hall–Kier alpha value is -5.78. The van der Waals surface area contributed by atoms with Gasteiger partial charge in [0.25, 0.3) is 21.6 Å². The molecule has 2 atom stereocenters. The normalized spacial score (nSPS) is 21.6. The lowest BCUT2D eigenvalue weighted by Crippen LogP contribution is -2.55. The van der Waals surface area contributed by atoms with E-state index in [4.69, 9.17) is 14.2 Å². The van der Waals surface area contributed by atoms with E-state index < -0.39 is 31.4 Å². The molecular weight excluding hydrogens is 837 g/mol. The molecule has 1 amide bonds. The molecule has 5 aliphatic rings. The Balaban J connectivity index is 0.861. The molecule has 10 rings (SSSR count). The molecule has 0 radical (unpaired) electrons. The maximum absolute atomic E-state index is 14.0. The highest BCUT2D eigenvalue weighted by molar-refractivity contribution is 7.90. The predicted molar refractivity (Wildman–Crippen MR) is 241 cm³/mol. The largest absolute Gasteiger partial charge is 0.489 e. The minimum Gasteiger partial charge on any atom is -0.489 e. The molecule has 64 heavy (non-hydrogen) atoms. The average Bonchev–Trinajstić information content (AvgIpc) is 3.98. The van der Waals surface area contributed by atoms with Crippen molar-refractivity contribution < 1.29 is 32.3 Å². The van der Waals surface area contributed by atoms with Crippen molar-refractivity contribution in [2.24, 2.45) is 11.3 Å². The fourth-order valence-electron chi connectivity index (χ4n) is 10.8. The van der Waals surface area contributed by atoms with E-state index in [-0.39, 0.29) is 46.9 Å². The van der Waals surface area contributed by atoms with E-state index in [1.807, 2.05) is 6.07 Å². The third kappa shape index (κ3) is 8.13. The molecule has 3 aromatic heterocycles. The molecule has 5 aromatic rings. The second-order valence-corrected chi connectivity index (χ2v) is 20.2. The van der Waals surface area contributed by atoms with Crippen molar-refractivity contribution in [1.29, 1.82) is 0 Å². The van der Waals surface area contributed by atoms with Crippen LogP contribution in [0.3, 0.4) is 0 Å².